The van der Waals surface area contributed by atoms with Gasteiger partial charge >= 0.3 is 12.5 Å². The van der Waals surface area contributed by atoms with E-state index in [-0.39, 0.29) is 34.8 Å². The molecular weight excluding hydrogens is 444 g/mol. The number of anilines is 1. The molecule has 0 spiro atoms. The van der Waals surface area contributed by atoms with E-state index in [0.717, 1.165) is 6.07 Å². The number of nitrogens with zero attached hydrogens (tertiary/aromatic N) is 4. The number of rotatable bonds is 4. The van der Waals surface area contributed by atoms with Crippen molar-refractivity contribution in [3.8, 4) is 17.0 Å². The van der Waals surface area contributed by atoms with E-state index in [1.807, 2.05) is 0 Å². The lowest BCUT2D eigenvalue weighted by Gasteiger charge is -2.41. The maximum absolute atomic E-state index is 13.1. The number of aromatic nitrogens is 4. The monoisotopic (exact) mass is 461 g/mol. The van der Waals surface area contributed by atoms with Crippen LogP contribution >= 0.6 is 0 Å². The highest BCUT2D eigenvalue weighted by Crippen LogP contribution is 2.40. The van der Waals surface area contributed by atoms with Crippen LogP contribution in [0, 0.1) is 6.92 Å². The van der Waals surface area contributed by atoms with Gasteiger partial charge in [0.1, 0.15) is 11.4 Å². The fraction of sp³-hybridized carbons (Fsp3) is 0.421. The molecule has 0 amide bonds. The van der Waals surface area contributed by atoms with Gasteiger partial charge in [-0.25, -0.2) is 0 Å². The van der Waals surface area contributed by atoms with Crippen molar-refractivity contribution < 1.29 is 36.2 Å². The zero-order chi connectivity index (χ0) is 23.5. The zero-order valence-electron chi connectivity index (χ0n) is 16.7. The molecule has 2 aromatic heterocycles. The minimum atomic E-state index is -5.22. The number of hydrogen-bond donors (Lipinski definition) is 2. The van der Waals surface area contributed by atoms with E-state index in [1.54, 1.807) is 13.8 Å². The lowest BCUT2D eigenvalue weighted by molar-refractivity contribution is -0.274. The van der Waals surface area contributed by atoms with Gasteiger partial charge in [-0.2, -0.15) is 22.8 Å². The largest absolute Gasteiger partial charge is 0.573 e. The molecule has 2 heterocycles. The van der Waals surface area contributed by atoms with E-state index in [1.165, 1.54) is 10.6 Å². The number of halogens is 6. The van der Waals surface area contributed by atoms with E-state index >= 15 is 0 Å². The summed E-state index contributed by atoms with van der Waals surface area (Å²) in [5.74, 6) is -0.874. The molecule has 1 saturated carbocycles. The number of aliphatic hydroxyl groups is 1. The summed E-state index contributed by atoms with van der Waals surface area (Å²) < 4.78 is 83.1. The summed E-state index contributed by atoms with van der Waals surface area (Å²) in [4.78, 5) is 0. The maximum atomic E-state index is 13.1. The Kier molecular flexibility index (Phi) is 4.99. The first-order valence-electron chi connectivity index (χ1n) is 9.41. The lowest BCUT2D eigenvalue weighted by atomic mass is 9.77. The van der Waals surface area contributed by atoms with E-state index in [4.69, 9.17) is 0 Å². The summed E-state index contributed by atoms with van der Waals surface area (Å²) in [6, 6.07) is 3.16. The van der Waals surface area contributed by atoms with Crippen LogP contribution in [0.5, 0.6) is 5.75 Å². The summed E-state index contributed by atoms with van der Waals surface area (Å²) in [5, 5.41) is 25.1. The van der Waals surface area contributed by atoms with Gasteiger partial charge in [0.2, 0.25) is 5.95 Å². The quantitative estimate of drug-likeness (QED) is 0.563. The van der Waals surface area contributed by atoms with Crippen LogP contribution in [0.25, 0.3) is 16.8 Å². The Balaban J connectivity index is 1.80. The third-order valence-electron chi connectivity index (χ3n) is 5.01. The first-order chi connectivity index (χ1) is 14.7. The van der Waals surface area contributed by atoms with Gasteiger partial charge in [-0.3, -0.25) is 0 Å². The summed E-state index contributed by atoms with van der Waals surface area (Å²) in [6.45, 7) is 3.31. The van der Waals surface area contributed by atoms with Crippen molar-refractivity contribution >= 4 is 11.5 Å². The van der Waals surface area contributed by atoms with Crippen molar-refractivity contribution in [2.75, 3.05) is 5.32 Å². The van der Waals surface area contributed by atoms with E-state index < -0.39 is 29.5 Å². The Morgan fingerprint density at radius 3 is 2.41 bits per heavy atom. The minimum absolute atomic E-state index is 0.118. The van der Waals surface area contributed by atoms with Gasteiger partial charge in [0, 0.05) is 11.6 Å². The third-order valence-corrected chi connectivity index (χ3v) is 5.01. The molecule has 0 atom stereocenters. The molecule has 0 unspecified atom stereocenters. The first kappa shape index (κ1) is 22.1. The molecular formula is C19H17F6N5O2. The van der Waals surface area contributed by atoms with Gasteiger partial charge in [0.05, 0.1) is 22.4 Å². The van der Waals surface area contributed by atoms with Crippen LogP contribution in [0.1, 0.15) is 31.0 Å². The fourth-order valence-electron chi connectivity index (χ4n) is 3.69. The molecule has 1 aromatic carbocycles. The molecule has 0 saturated heterocycles. The molecule has 0 aliphatic heterocycles. The highest BCUT2D eigenvalue weighted by Gasteiger charge is 2.39. The molecule has 0 radical (unpaired) electrons. The van der Waals surface area contributed by atoms with Crippen LogP contribution in [-0.4, -0.2) is 42.9 Å². The Morgan fingerprint density at radius 1 is 1.12 bits per heavy atom. The molecule has 4 rings (SSSR count). The molecule has 0 bridgehead atoms. The number of nitrogens with one attached hydrogen (secondary N) is 1. The Morgan fingerprint density at radius 2 is 1.81 bits per heavy atom. The Bertz CT molecular complexity index is 1160. The van der Waals surface area contributed by atoms with Crippen LogP contribution in [0.4, 0.5) is 32.3 Å². The normalized spacial score (nSPS) is 21.5. The molecule has 1 fully saturated rings. The molecule has 3 aromatic rings. The standard InChI is InChI=1S/C19H17F6N5O2/c1-9-5-13-15(27-28-16(30(13)29-9)26-11-7-17(2,31)8-11)12-4-3-10(18(20,21)22)6-14(12)32-19(23,24)25/h3-6,11,31H,7-8H2,1-2H3,(H,26,28). The number of aryl methyl sites for hydroxylation is 1. The van der Waals surface area contributed by atoms with Crippen molar-refractivity contribution in [1.82, 2.24) is 19.8 Å². The first-order valence-corrected chi connectivity index (χ1v) is 9.41. The number of benzene rings is 1. The number of fused-ring (bicyclic) bond motifs is 1. The second-order valence-corrected chi connectivity index (χ2v) is 7.96. The second-order valence-electron chi connectivity index (χ2n) is 7.96. The molecule has 2 N–H and O–H groups in total. The smallest absolute Gasteiger partial charge is 0.405 e. The van der Waals surface area contributed by atoms with Crippen molar-refractivity contribution in [2.24, 2.45) is 0 Å². The van der Waals surface area contributed by atoms with Crippen LogP contribution in [0.2, 0.25) is 0 Å². The van der Waals surface area contributed by atoms with E-state index in [0.29, 0.717) is 24.6 Å². The molecule has 32 heavy (non-hydrogen) atoms. The topological polar surface area (TPSA) is 84.6 Å². The van der Waals surface area contributed by atoms with Gasteiger partial charge in [-0.1, -0.05) is 0 Å². The van der Waals surface area contributed by atoms with Gasteiger partial charge < -0.3 is 15.2 Å². The SMILES string of the molecule is Cc1cc2c(-c3ccc(C(F)(F)F)cc3OC(F)(F)F)nnc(NC3CC(C)(O)C3)n2n1. The van der Waals surface area contributed by atoms with Gasteiger partial charge in [-0.15, -0.1) is 23.4 Å². The van der Waals surface area contributed by atoms with Crippen LogP contribution in [-0.2, 0) is 6.18 Å². The lowest BCUT2D eigenvalue weighted by Crippen LogP contribution is -2.48. The fourth-order valence-corrected chi connectivity index (χ4v) is 3.69. The highest BCUT2D eigenvalue weighted by atomic mass is 19.4. The molecule has 172 valence electrons. The number of hydrogen-bond acceptors (Lipinski definition) is 6. The van der Waals surface area contributed by atoms with Crippen molar-refractivity contribution in [3.05, 3.63) is 35.5 Å². The zero-order valence-corrected chi connectivity index (χ0v) is 16.7. The average molecular weight is 461 g/mol. The molecule has 13 heteroatoms. The van der Waals surface area contributed by atoms with Crippen molar-refractivity contribution in [1.29, 1.82) is 0 Å². The van der Waals surface area contributed by atoms with Crippen LogP contribution < -0.4 is 10.1 Å². The predicted molar refractivity (Wildman–Crippen MR) is 99.9 cm³/mol. The number of ether oxygens (including phenoxy) is 1. The average Bonchev–Trinajstić information content (AvgIpc) is 3.00. The molecule has 7 nitrogen and oxygen atoms in total. The summed E-state index contributed by atoms with van der Waals surface area (Å²) in [5.41, 5.74) is -1.87. The van der Waals surface area contributed by atoms with Gasteiger partial charge in [-0.05, 0) is 51.0 Å². The van der Waals surface area contributed by atoms with Crippen LogP contribution in [0.15, 0.2) is 24.3 Å². The van der Waals surface area contributed by atoms with Crippen LogP contribution in [0.3, 0.4) is 0 Å². The predicted octanol–water partition coefficient (Wildman–Crippen LogP) is 4.34. The van der Waals surface area contributed by atoms with Crippen molar-refractivity contribution in [3.63, 3.8) is 0 Å². The maximum Gasteiger partial charge on any atom is 0.573 e. The molecule has 1 aliphatic rings. The third kappa shape index (κ3) is 4.42. The summed E-state index contributed by atoms with van der Waals surface area (Å²) in [6.07, 6.45) is -9.20. The number of alkyl halides is 6. The van der Waals surface area contributed by atoms with Crippen molar-refractivity contribution in [2.45, 2.75) is 50.9 Å². The minimum Gasteiger partial charge on any atom is -0.405 e. The highest BCUT2D eigenvalue weighted by molar-refractivity contribution is 5.81. The second kappa shape index (κ2) is 7.22. The van der Waals surface area contributed by atoms with E-state index in [2.05, 4.69) is 25.3 Å². The van der Waals surface area contributed by atoms with Gasteiger partial charge in [0.15, 0.2) is 0 Å². The summed E-state index contributed by atoms with van der Waals surface area (Å²) in [7, 11) is 0. The summed E-state index contributed by atoms with van der Waals surface area (Å²) >= 11 is 0. The Labute approximate surface area is 177 Å². The Hall–Kier alpha value is -3.09. The van der Waals surface area contributed by atoms with E-state index in [9.17, 15) is 31.4 Å². The van der Waals surface area contributed by atoms with Gasteiger partial charge in [0.25, 0.3) is 0 Å². The molecule has 1 aliphatic carbocycles.